The van der Waals surface area contributed by atoms with Crippen LogP contribution < -0.4 is 11.5 Å². The van der Waals surface area contributed by atoms with Gasteiger partial charge in [0, 0.05) is 12.5 Å². The molecule has 0 radical (unpaired) electrons. The normalized spacial score (nSPS) is 11.8. The summed E-state index contributed by atoms with van der Waals surface area (Å²) >= 11 is 0. The number of carbonyl (C=O) groups excluding carboxylic acids is 1. The molecule has 10 heavy (non-hydrogen) atoms. The van der Waals surface area contributed by atoms with Crippen LogP contribution in [0.15, 0.2) is 0 Å². The molecule has 1 amide bonds. The van der Waals surface area contributed by atoms with Crippen LogP contribution in [0, 0.1) is 0 Å². The van der Waals surface area contributed by atoms with E-state index in [2.05, 4.69) is 0 Å². The molecule has 0 aliphatic carbocycles. The number of hydrogen-bond donors (Lipinski definition) is 2. The van der Waals surface area contributed by atoms with Gasteiger partial charge >= 0.3 is 0 Å². The lowest BCUT2D eigenvalue weighted by atomic mass is 10.1. The molecule has 4 heteroatoms. The number of carbonyl (C=O) groups is 1. The maximum Gasteiger partial charge on any atom is 0.217 e. The summed E-state index contributed by atoms with van der Waals surface area (Å²) in [5.74, 6) is -0.240. The third kappa shape index (κ3) is 10.7. The van der Waals surface area contributed by atoms with Crippen LogP contribution in [0.5, 0.6) is 0 Å². The fraction of sp³-hybridized carbons (Fsp3) is 0.833. The number of amides is 1. The van der Waals surface area contributed by atoms with Crippen molar-refractivity contribution in [1.29, 1.82) is 0 Å². The lowest BCUT2D eigenvalue weighted by Gasteiger charge is -2.00. The molecule has 0 saturated carbocycles. The lowest BCUT2D eigenvalue weighted by molar-refractivity contribution is -0.118. The van der Waals surface area contributed by atoms with Crippen molar-refractivity contribution in [3.8, 4) is 0 Å². The van der Waals surface area contributed by atoms with Crippen molar-refractivity contribution in [1.82, 2.24) is 0 Å². The van der Waals surface area contributed by atoms with Gasteiger partial charge in [-0.3, -0.25) is 4.79 Å². The van der Waals surface area contributed by atoms with E-state index in [1.807, 2.05) is 6.92 Å². The largest absolute Gasteiger partial charge is 0.370 e. The van der Waals surface area contributed by atoms with Gasteiger partial charge in [-0.05, 0) is 19.8 Å². The predicted octanol–water partition coefficient (Wildman–Crippen LogP) is 0.411. The Morgan fingerprint density at radius 3 is 2.40 bits per heavy atom. The van der Waals surface area contributed by atoms with E-state index in [1.165, 1.54) is 0 Å². The number of rotatable bonds is 4. The van der Waals surface area contributed by atoms with Crippen molar-refractivity contribution in [2.45, 2.75) is 32.2 Å². The molecular formula is C6H15ClN2O. The molecule has 3 nitrogen and oxygen atoms in total. The Morgan fingerprint density at radius 1 is 1.60 bits per heavy atom. The Labute approximate surface area is 67.6 Å². The Bertz CT molecular complexity index is 95.7. The SMILES string of the molecule is CC(N)CCCC(N)=O.Cl. The average molecular weight is 167 g/mol. The molecule has 1 atom stereocenters. The van der Waals surface area contributed by atoms with Crippen LogP contribution in [-0.2, 0) is 4.79 Å². The van der Waals surface area contributed by atoms with Crippen LogP contribution in [0.4, 0.5) is 0 Å². The third-order valence-electron chi connectivity index (χ3n) is 1.08. The molecule has 0 saturated heterocycles. The topological polar surface area (TPSA) is 69.1 Å². The first-order chi connectivity index (χ1) is 4.13. The van der Waals surface area contributed by atoms with E-state index in [0.29, 0.717) is 6.42 Å². The monoisotopic (exact) mass is 166 g/mol. The van der Waals surface area contributed by atoms with Gasteiger partial charge in [0.1, 0.15) is 0 Å². The first-order valence-corrected chi connectivity index (χ1v) is 3.17. The smallest absolute Gasteiger partial charge is 0.217 e. The summed E-state index contributed by atoms with van der Waals surface area (Å²) in [6.07, 6.45) is 2.15. The molecule has 0 aromatic heterocycles. The Kier molecular flexibility index (Phi) is 8.48. The van der Waals surface area contributed by atoms with Crippen molar-refractivity contribution in [3.63, 3.8) is 0 Å². The van der Waals surface area contributed by atoms with Gasteiger partial charge in [-0.1, -0.05) is 0 Å². The van der Waals surface area contributed by atoms with Crippen LogP contribution in [-0.4, -0.2) is 11.9 Å². The van der Waals surface area contributed by atoms with Gasteiger partial charge in [0.05, 0.1) is 0 Å². The average Bonchev–Trinajstić information content (AvgIpc) is 1.63. The second-order valence-electron chi connectivity index (χ2n) is 2.34. The van der Waals surface area contributed by atoms with Gasteiger partial charge in [0.25, 0.3) is 0 Å². The molecule has 0 bridgehead atoms. The minimum atomic E-state index is -0.240. The fourth-order valence-electron chi connectivity index (χ4n) is 0.598. The molecule has 0 fully saturated rings. The summed E-state index contributed by atoms with van der Waals surface area (Å²) in [6.45, 7) is 1.92. The van der Waals surface area contributed by atoms with E-state index in [1.54, 1.807) is 0 Å². The van der Waals surface area contributed by atoms with Crippen LogP contribution in [0.2, 0.25) is 0 Å². The first-order valence-electron chi connectivity index (χ1n) is 3.17. The predicted molar refractivity (Wildman–Crippen MR) is 43.9 cm³/mol. The molecular weight excluding hydrogens is 152 g/mol. The summed E-state index contributed by atoms with van der Waals surface area (Å²) in [6, 6.07) is 0.185. The number of halogens is 1. The fourth-order valence-corrected chi connectivity index (χ4v) is 0.598. The highest BCUT2D eigenvalue weighted by atomic mass is 35.5. The van der Waals surface area contributed by atoms with Gasteiger partial charge in [-0.2, -0.15) is 0 Å². The van der Waals surface area contributed by atoms with Crippen LogP contribution >= 0.6 is 12.4 Å². The van der Waals surface area contributed by atoms with Gasteiger partial charge < -0.3 is 11.5 Å². The van der Waals surface area contributed by atoms with Crippen molar-refractivity contribution < 1.29 is 4.79 Å². The second-order valence-corrected chi connectivity index (χ2v) is 2.34. The van der Waals surface area contributed by atoms with Gasteiger partial charge in [-0.25, -0.2) is 0 Å². The van der Waals surface area contributed by atoms with Crippen LogP contribution in [0.1, 0.15) is 26.2 Å². The van der Waals surface area contributed by atoms with Crippen molar-refractivity contribution in [2.75, 3.05) is 0 Å². The number of nitrogens with two attached hydrogens (primary N) is 2. The molecule has 0 aromatic rings. The summed E-state index contributed by atoms with van der Waals surface area (Å²) < 4.78 is 0. The van der Waals surface area contributed by atoms with Gasteiger partial charge in [0.2, 0.25) is 5.91 Å². The lowest BCUT2D eigenvalue weighted by Crippen LogP contribution is -2.16. The molecule has 0 aromatic carbocycles. The van der Waals surface area contributed by atoms with Gasteiger partial charge in [-0.15, -0.1) is 12.4 Å². The van der Waals surface area contributed by atoms with E-state index in [0.717, 1.165) is 12.8 Å². The van der Waals surface area contributed by atoms with Crippen LogP contribution in [0.25, 0.3) is 0 Å². The molecule has 4 N–H and O–H groups in total. The van der Waals surface area contributed by atoms with Crippen molar-refractivity contribution >= 4 is 18.3 Å². The molecule has 0 spiro atoms. The highest BCUT2D eigenvalue weighted by Gasteiger charge is 1.96. The van der Waals surface area contributed by atoms with E-state index >= 15 is 0 Å². The second kappa shape index (κ2) is 6.83. The highest BCUT2D eigenvalue weighted by molar-refractivity contribution is 5.85. The quantitative estimate of drug-likeness (QED) is 0.635. The van der Waals surface area contributed by atoms with E-state index < -0.39 is 0 Å². The minimum absolute atomic E-state index is 0. The van der Waals surface area contributed by atoms with Crippen molar-refractivity contribution in [3.05, 3.63) is 0 Å². The molecule has 0 heterocycles. The Balaban J connectivity index is 0. The Hall–Kier alpha value is -0.280. The summed E-state index contributed by atoms with van der Waals surface area (Å²) in [4.78, 5) is 10.2. The van der Waals surface area contributed by atoms with E-state index in [4.69, 9.17) is 11.5 Å². The summed E-state index contributed by atoms with van der Waals surface area (Å²) in [5.41, 5.74) is 10.3. The maximum absolute atomic E-state index is 10.2. The molecule has 1 unspecified atom stereocenters. The zero-order chi connectivity index (χ0) is 7.28. The zero-order valence-corrected chi connectivity index (χ0v) is 6.99. The minimum Gasteiger partial charge on any atom is -0.370 e. The molecule has 0 aliphatic heterocycles. The first kappa shape index (κ1) is 12.4. The van der Waals surface area contributed by atoms with Gasteiger partial charge in [0.15, 0.2) is 0 Å². The molecule has 0 rings (SSSR count). The maximum atomic E-state index is 10.2. The van der Waals surface area contributed by atoms with E-state index in [-0.39, 0.29) is 24.4 Å². The molecule has 0 aliphatic rings. The zero-order valence-electron chi connectivity index (χ0n) is 6.17. The highest BCUT2D eigenvalue weighted by Crippen LogP contribution is 1.96. The molecule has 62 valence electrons. The third-order valence-corrected chi connectivity index (χ3v) is 1.08. The van der Waals surface area contributed by atoms with E-state index in [9.17, 15) is 4.79 Å². The van der Waals surface area contributed by atoms with Crippen molar-refractivity contribution in [2.24, 2.45) is 11.5 Å². The van der Waals surface area contributed by atoms with Crippen LogP contribution in [0.3, 0.4) is 0 Å². The standard InChI is InChI=1S/C6H14N2O.ClH/c1-5(7)3-2-4-6(8)9;/h5H,2-4,7H2,1H3,(H2,8,9);1H. The Morgan fingerprint density at radius 2 is 2.10 bits per heavy atom. The summed E-state index contributed by atoms with van der Waals surface area (Å²) in [5, 5.41) is 0. The summed E-state index contributed by atoms with van der Waals surface area (Å²) in [7, 11) is 0. The number of hydrogen-bond acceptors (Lipinski definition) is 2. The number of primary amides is 1.